The SMILES string of the molecule is C=C(C)NC(=O)N(C)CCCC. The van der Waals surface area contributed by atoms with E-state index >= 15 is 0 Å². The van der Waals surface area contributed by atoms with E-state index in [4.69, 9.17) is 0 Å². The maximum Gasteiger partial charge on any atom is 0.321 e. The number of allylic oxidation sites excluding steroid dienone is 1. The summed E-state index contributed by atoms with van der Waals surface area (Å²) in [6.07, 6.45) is 2.14. The van der Waals surface area contributed by atoms with E-state index in [-0.39, 0.29) is 6.03 Å². The van der Waals surface area contributed by atoms with Crippen molar-refractivity contribution in [3.63, 3.8) is 0 Å². The van der Waals surface area contributed by atoms with E-state index in [1.165, 1.54) is 0 Å². The second kappa shape index (κ2) is 5.63. The summed E-state index contributed by atoms with van der Waals surface area (Å²) in [6.45, 7) is 8.27. The Kier molecular flexibility index (Phi) is 5.17. The first kappa shape index (κ1) is 11.0. The Labute approximate surface area is 74.4 Å². The Morgan fingerprint density at radius 2 is 2.17 bits per heavy atom. The molecule has 0 radical (unpaired) electrons. The second-order valence-electron chi connectivity index (χ2n) is 2.99. The molecule has 3 heteroatoms. The molecule has 0 aromatic rings. The third-order valence-corrected chi connectivity index (χ3v) is 1.51. The largest absolute Gasteiger partial charge is 0.328 e. The molecule has 0 rings (SSSR count). The molecule has 70 valence electrons. The van der Waals surface area contributed by atoms with E-state index in [1.807, 2.05) is 0 Å². The number of rotatable bonds is 4. The van der Waals surface area contributed by atoms with Crippen LogP contribution < -0.4 is 5.32 Å². The van der Waals surface area contributed by atoms with Crippen LogP contribution in [0.1, 0.15) is 26.7 Å². The molecule has 0 aliphatic carbocycles. The van der Waals surface area contributed by atoms with Gasteiger partial charge in [0, 0.05) is 19.3 Å². The molecule has 0 bridgehead atoms. The van der Waals surface area contributed by atoms with Crippen molar-refractivity contribution >= 4 is 6.03 Å². The predicted octanol–water partition coefficient (Wildman–Crippen LogP) is 1.96. The zero-order valence-corrected chi connectivity index (χ0v) is 8.18. The molecule has 3 nitrogen and oxygen atoms in total. The van der Waals surface area contributed by atoms with Gasteiger partial charge in [0.2, 0.25) is 0 Å². The van der Waals surface area contributed by atoms with Crippen molar-refractivity contribution in [3.05, 3.63) is 12.3 Å². The van der Waals surface area contributed by atoms with Gasteiger partial charge in [-0.2, -0.15) is 0 Å². The highest BCUT2D eigenvalue weighted by molar-refractivity contribution is 5.75. The summed E-state index contributed by atoms with van der Waals surface area (Å²) < 4.78 is 0. The Hall–Kier alpha value is -0.990. The molecule has 12 heavy (non-hydrogen) atoms. The molecule has 0 atom stereocenters. The van der Waals surface area contributed by atoms with Crippen molar-refractivity contribution in [1.29, 1.82) is 0 Å². The average Bonchev–Trinajstić information content (AvgIpc) is 1.98. The van der Waals surface area contributed by atoms with Crippen LogP contribution in [0.25, 0.3) is 0 Å². The zero-order valence-electron chi connectivity index (χ0n) is 8.18. The maximum atomic E-state index is 11.2. The Balaban J connectivity index is 3.69. The van der Waals surface area contributed by atoms with Gasteiger partial charge in [0.05, 0.1) is 0 Å². The van der Waals surface area contributed by atoms with E-state index < -0.39 is 0 Å². The first-order chi connectivity index (χ1) is 5.57. The van der Waals surface area contributed by atoms with Crippen molar-refractivity contribution < 1.29 is 4.79 Å². The average molecular weight is 170 g/mol. The molecule has 0 fully saturated rings. The van der Waals surface area contributed by atoms with Crippen molar-refractivity contribution in [1.82, 2.24) is 10.2 Å². The van der Waals surface area contributed by atoms with E-state index in [0.717, 1.165) is 19.4 Å². The van der Waals surface area contributed by atoms with Gasteiger partial charge in [-0.05, 0) is 13.3 Å². The summed E-state index contributed by atoms with van der Waals surface area (Å²) in [4.78, 5) is 12.9. The highest BCUT2D eigenvalue weighted by atomic mass is 16.2. The minimum Gasteiger partial charge on any atom is -0.328 e. The molecule has 0 aromatic heterocycles. The number of carbonyl (C=O) groups excluding carboxylic acids is 1. The summed E-state index contributed by atoms with van der Waals surface area (Å²) in [5.41, 5.74) is 0.684. The van der Waals surface area contributed by atoms with Gasteiger partial charge in [-0.25, -0.2) is 4.79 Å². The fourth-order valence-electron chi connectivity index (χ4n) is 0.775. The molecule has 2 amide bonds. The number of amides is 2. The van der Waals surface area contributed by atoms with Crippen molar-refractivity contribution in [2.45, 2.75) is 26.7 Å². The molecule has 0 saturated heterocycles. The molecular weight excluding hydrogens is 152 g/mol. The molecule has 1 N–H and O–H groups in total. The van der Waals surface area contributed by atoms with Gasteiger partial charge in [0.25, 0.3) is 0 Å². The highest BCUT2D eigenvalue weighted by Gasteiger charge is 2.05. The lowest BCUT2D eigenvalue weighted by molar-refractivity contribution is 0.211. The van der Waals surface area contributed by atoms with Crippen LogP contribution in [0.2, 0.25) is 0 Å². The molecule has 0 spiro atoms. The van der Waals surface area contributed by atoms with Crippen LogP contribution in [-0.2, 0) is 0 Å². The van der Waals surface area contributed by atoms with Gasteiger partial charge in [-0.15, -0.1) is 0 Å². The van der Waals surface area contributed by atoms with E-state index in [0.29, 0.717) is 5.70 Å². The summed E-state index contributed by atoms with van der Waals surface area (Å²) in [5.74, 6) is 0. The number of unbranched alkanes of at least 4 members (excludes halogenated alkanes) is 1. The fraction of sp³-hybridized carbons (Fsp3) is 0.667. The molecule has 0 saturated carbocycles. The maximum absolute atomic E-state index is 11.2. The van der Waals surface area contributed by atoms with Crippen LogP contribution in [0.4, 0.5) is 4.79 Å². The van der Waals surface area contributed by atoms with Crippen LogP contribution in [0, 0.1) is 0 Å². The lowest BCUT2D eigenvalue weighted by Gasteiger charge is -2.17. The topological polar surface area (TPSA) is 32.3 Å². The van der Waals surface area contributed by atoms with Gasteiger partial charge in [-0.1, -0.05) is 19.9 Å². The standard InChI is InChI=1S/C9H18N2O/c1-5-6-7-11(4)9(12)10-8(2)3/h2,5-7H2,1,3-4H3,(H,10,12). The van der Waals surface area contributed by atoms with E-state index in [9.17, 15) is 4.79 Å². The van der Waals surface area contributed by atoms with Gasteiger partial charge in [0.15, 0.2) is 0 Å². The minimum absolute atomic E-state index is 0.0732. The minimum atomic E-state index is -0.0732. The molecule has 0 aliphatic rings. The van der Waals surface area contributed by atoms with Gasteiger partial charge >= 0.3 is 6.03 Å². The first-order valence-corrected chi connectivity index (χ1v) is 4.25. The summed E-state index contributed by atoms with van der Waals surface area (Å²) in [7, 11) is 1.79. The number of nitrogens with one attached hydrogen (secondary N) is 1. The Morgan fingerprint density at radius 3 is 2.58 bits per heavy atom. The van der Waals surface area contributed by atoms with Gasteiger partial charge in [0.1, 0.15) is 0 Å². The van der Waals surface area contributed by atoms with Crippen molar-refractivity contribution in [3.8, 4) is 0 Å². The Morgan fingerprint density at radius 1 is 1.58 bits per heavy atom. The Bertz CT molecular complexity index is 166. The summed E-state index contributed by atoms with van der Waals surface area (Å²) >= 11 is 0. The number of hydrogen-bond donors (Lipinski definition) is 1. The smallest absolute Gasteiger partial charge is 0.321 e. The molecule has 0 unspecified atom stereocenters. The zero-order chi connectivity index (χ0) is 9.56. The van der Waals surface area contributed by atoms with E-state index in [1.54, 1.807) is 18.9 Å². The van der Waals surface area contributed by atoms with Crippen LogP contribution >= 0.6 is 0 Å². The number of hydrogen-bond acceptors (Lipinski definition) is 1. The van der Waals surface area contributed by atoms with Crippen LogP contribution in [0.3, 0.4) is 0 Å². The highest BCUT2D eigenvalue weighted by Crippen LogP contribution is 1.93. The molecule has 0 aromatic carbocycles. The predicted molar refractivity (Wildman–Crippen MR) is 50.9 cm³/mol. The van der Waals surface area contributed by atoms with Crippen molar-refractivity contribution in [2.75, 3.05) is 13.6 Å². The molecule has 0 heterocycles. The van der Waals surface area contributed by atoms with Crippen LogP contribution in [0.15, 0.2) is 12.3 Å². The van der Waals surface area contributed by atoms with Gasteiger partial charge in [-0.3, -0.25) is 0 Å². The number of nitrogens with zero attached hydrogens (tertiary/aromatic N) is 1. The third kappa shape index (κ3) is 4.77. The van der Waals surface area contributed by atoms with Crippen LogP contribution in [0.5, 0.6) is 0 Å². The lowest BCUT2D eigenvalue weighted by atomic mass is 10.3. The number of carbonyl (C=O) groups is 1. The quantitative estimate of drug-likeness (QED) is 0.687. The van der Waals surface area contributed by atoms with Crippen molar-refractivity contribution in [2.24, 2.45) is 0 Å². The molecule has 0 aliphatic heterocycles. The van der Waals surface area contributed by atoms with Crippen LogP contribution in [-0.4, -0.2) is 24.5 Å². The monoisotopic (exact) mass is 170 g/mol. The normalized spacial score (nSPS) is 9.25. The first-order valence-electron chi connectivity index (χ1n) is 4.25. The fourth-order valence-corrected chi connectivity index (χ4v) is 0.775. The summed E-state index contributed by atoms with van der Waals surface area (Å²) in [6, 6.07) is -0.0732. The summed E-state index contributed by atoms with van der Waals surface area (Å²) in [5, 5.41) is 2.64. The number of urea groups is 1. The molecular formula is C9H18N2O. The lowest BCUT2D eigenvalue weighted by Crippen LogP contribution is -2.36. The van der Waals surface area contributed by atoms with Gasteiger partial charge < -0.3 is 10.2 Å². The van der Waals surface area contributed by atoms with E-state index in [2.05, 4.69) is 18.8 Å². The third-order valence-electron chi connectivity index (χ3n) is 1.51. The second-order valence-corrected chi connectivity index (χ2v) is 2.99.